The summed E-state index contributed by atoms with van der Waals surface area (Å²) in [6.07, 6.45) is 2.05. The molecule has 0 atom stereocenters. The summed E-state index contributed by atoms with van der Waals surface area (Å²) in [5.74, 6) is -1.12. The van der Waals surface area contributed by atoms with Gasteiger partial charge >= 0.3 is 5.97 Å². The van der Waals surface area contributed by atoms with E-state index in [9.17, 15) is 14.0 Å². The Balaban J connectivity index is 3.02. The van der Waals surface area contributed by atoms with Crippen molar-refractivity contribution < 1.29 is 18.7 Å². The molecule has 0 fully saturated rings. The van der Waals surface area contributed by atoms with Crippen LogP contribution in [0.1, 0.15) is 29.8 Å². The maximum Gasteiger partial charge on any atom is 0.338 e. The zero-order valence-corrected chi connectivity index (χ0v) is 9.70. The van der Waals surface area contributed by atoms with Crippen LogP contribution in [-0.4, -0.2) is 18.9 Å². The summed E-state index contributed by atoms with van der Waals surface area (Å²) in [5.41, 5.74) is 0.834. The van der Waals surface area contributed by atoms with Gasteiger partial charge in [-0.2, -0.15) is 0 Å². The smallest absolute Gasteiger partial charge is 0.338 e. The van der Waals surface area contributed by atoms with Crippen LogP contribution in [0.5, 0.6) is 0 Å². The molecule has 0 heterocycles. The number of carbonyl (C=O) groups excluding carboxylic acids is 2. The standard InChI is InChI=1S/C13H13FO3/c1-3-17-13(16)11-5-4-10(12(14)7-11)6-9(2)8-15/h4-8H,3H2,1-2H3. The van der Waals surface area contributed by atoms with Crippen LogP contribution < -0.4 is 0 Å². The number of ether oxygens (including phenoxy) is 1. The highest BCUT2D eigenvalue weighted by Gasteiger charge is 2.09. The molecule has 0 spiro atoms. The molecule has 0 N–H and O–H groups in total. The van der Waals surface area contributed by atoms with Gasteiger partial charge in [0.1, 0.15) is 12.1 Å². The van der Waals surface area contributed by atoms with E-state index in [1.54, 1.807) is 13.8 Å². The van der Waals surface area contributed by atoms with Crippen molar-refractivity contribution in [1.29, 1.82) is 0 Å². The quantitative estimate of drug-likeness (QED) is 0.458. The lowest BCUT2D eigenvalue weighted by atomic mass is 10.1. The molecule has 0 unspecified atom stereocenters. The van der Waals surface area contributed by atoms with E-state index in [2.05, 4.69) is 0 Å². The van der Waals surface area contributed by atoms with Crippen molar-refractivity contribution in [2.45, 2.75) is 13.8 Å². The number of hydrogen-bond donors (Lipinski definition) is 0. The normalized spacial score (nSPS) is 11.1. The van der Waals surface area contributed by atoms with E-state index in [-0.39, 0.29) is 17.7 Å². The molecule has 0 aliphatic heterocycles. The molecule has 1 aromatic rings. The van der Waals surface area contributed by atoms with E-state index in [1.165, 1.54) is 18.2 Å². The van der Waals surface area contributed by atoms with Crippen molar-refractivity contribution in [3.05, 3.63) is 40.7 Å². The van der Waals surface area contributed by atoms with E-state index in [4.69, 9.17) is 4.74 Å². The zero-order chi connectivity index (χ0) is 12.8. The maximum atomic E-state index is 13.6. The first-order valence-corrected chi connectivity index (χ1v) is 5.18. The number of hydrogen-bond acceptors (Lipinski definition) is 3. The van der Waals surface area contributed by atoms with E-state index in [0.29, 0.717) is 11.9 Å². The van der Waals surface area contributed by atoms with Gasteiger partial charge in [0.2, 0.25) is 0 Å². The fourth-order valence-corrected chi connectivity index (χ4v) is 1.26. The summed E-state index contributed by atoms with van der Waals surface area (Å²) >= 11 is 0. The largest absolute Gasteiger partial charge is 0.462 e. The number of esters is 1. The van der Waals surface area contributed by atoms with Crippen molar-refractivity contribution in [2.75, 3.05) is 6.61 Å². The highest BCUT2D eigenvalue weighted by molar-refractivity contribution is 5.90. The van der Waals surface area contributed by atoms with E-state index in [1.807, 2.05) is 0 Å². The van der Waals surface area contributed by atoms with Crippen molar-refractivity contribution in [1.82, 2.24) is 0 Å². The van der Waals surface area contributed by atoms with Crippen molar-refractivity contribution >= 4 is 18.3 Å². The lowest BCUT2D eigenvalue weighted by Gasteiger charge is -2.03. The minimum Gasteiger partial charge on any atom is -0.462 e. The molecule has 0 saturated heterocycles. The summed E-state index contributed by atoms with van der Waals surface area (Å²) in [6, 6.07) is 4.00. The molecule has 4 heteroatoms. The summed E-state index contributed by atoms with van der Waals surface area (Å²) in [5, 5.41) is 0. The molecule has 1 rings (SSSR count). The molecule has 17 heavy (non-hydrogen) atoms. The average Bonchev–Trinajstić information content (AvgIpc) is 2.31. The molecule has 1 aromatic carbocycles. The molecular weight excluding hydrogens is 223 g/mol. The topological polar surface area (TPSA) is 43.4 Å². The fraction of sp³-hybridized carbons (Fsp3) is 0.231. The Hall–Kier alpha value is -1.97. The number of rotatable bonds is 4. The highest BCUT2D eigenvalue weighted by atomic mass is 19.1. The SMILES string of the molecule is CCOC(=O)c1ccc(C=C(C)C=O)c(F)c1. The first kappa shape index (κ1) is 13.1. The van der Waals surface area contributed by atoms with E-state index in [0.717, 1.165) is 6.07 Å². The Kier molecular flexibility index (Phi) is 4.57. The summed E-state index contributed by atoms with van der Waals surface area (Å²) in [6.45, 7) is 3.50. The van der Waals surface area contributed by atoms with E-state index >= 15 is 0 Å². The lowest BCUT2D eigenvalue weighted by molar-refractivity contribution is -0.104. The first-order valence-electron chi connectivity index (χ1n) is 5.18. The van der Waals surface area contributed by atoms with Crippen molar-refractivity contribution in [3.63, 3.8) is 0 Å². The summed E-state index contributed by atoms with van der Waals surface area (Å²) < 4.78 is 18.3. The van der Waals surface area contributed by atoms with E-state index < -0.39 is 11.8 Å². The number of halogens is 1. The maximum absolute atomic E-state index is 13.6. The zero-order valence-electron chi connectivity index (χ0n) is 9.70. The fourth-order valence-electron chi connectivity index (χ4n) is 1.26. The van der Waals surface area contributed by atoms with Gasteiger partial charge in [-0.3, -0.25) is 4.79 Å². The van der Waals surface area contributed by atoms with Gasteiger partial charge in [-0.05, 0) is 37.6 Å². The van der Waals surface area contributed by atoms with Crippen LogP contribution in [0.2, 0.25) is 0 Å². The Morgan fingerprint density at radius 2 is 2.18 bits per heavy atom. The van der Waals surface area contributed by atoms with Crippen LogP contribution in [0.4, 0.5) is 4.39 Å². The van der Waals surface area contributed by atoms with Gasteiger partial charge in [-0.1, -0.05) is 6.07 Å². The third-order valence-corrected chi connectivity index (χ3v) is 2.08. The van der Waals surface area contributed by atoms with Crippen molar-refractivity contribution in [2.24, 2.45) is 0 Å². The first-order chi connectivity index (χ1) is 8.08. The predicted molar refractivity (Wildman–Crippen MR) is 62.1 cm³/mol. The molecule has 0 amide bonds. The molecule has 0 aliphatic rings. The van der Waals surface area contributed by atoms with Gasteiger partial charge in [0, 0.05) is 5.56 Å². The van der Waals surface area contributed by atoms with Gasteiger partial charge in [0.05, 0.1) is 12.2 Å². The molecule has 0 saturated carbocycles. The van der Waals surface area contributed by atoms with Crippen molar-refractivity contribution in [3.8, 4) is 0 Å². The third kappa shape index (κ3) is 3.52. The van der Waals surface area contributed by atoms with Gasteiger partial charge < -0.3 is 4.74 Å². The second-order valence-electron chi connectivity index (χ2n) is 3.46. The minimum absolute atomic E-state index is 0.158. The van der Waals surface area contributed by atoms with Crippen LogP contribution in [0.15, 0.2) is 23.8 Å². The van der Waals surface area contributed by atoms with Gasteiger partial charge in [0.15, 0.2) is 0 Å². The molecule has 0 radical (unpaired) electrons. The Bertz CT molecular complexity index is 464. The molecule has 0 bridgehead atoms. The monoisotopic (exact) mass is 236 g/mol. The number of aldehydes is 1. The van der Waals surface area contributed by atoms with Crippen LogP contribution in [0, 0.1) is 5.82 Å². The lowest BCUT2D eigenvalue weighted by Crippen LogP contribution is -2.05. The Morgan fingerprint density at radius 1 is 1.47 bits per heavy atom. The Labute approximate surface area is 98.9 Å². The second kappa shape index (κ2) is 5.94. The number of carbonyl (C=O) groups is 2. The van der Waals surface area contributed by atoms with Crippen LogP contribution >= 0.6 is 0 Å². The Morgan fingerprint density at radius 3 is 2.71 bits per heavy atom. The summed E-state index contributed by atoms with van der Waals surface area (Å²) in [4.78, 5) is 21.7. The van der Waals surface area contributed by atoms with Gasteiger partial charge in [-0.15, -0.1) is 0 Å². The predicted octanol–water partition coefficient (Wildman–Crippen LogP) is 2.60. The van der Waals surface area contributed by atoms with Crippen LogP contribution in [-0.2, 0) is 9.53 Å². The minimum atomic E-state index is -0.561. The number of allylic oxidation sites excluding steroid dienone is 1. The molecule has 90 valence electrons. The molecular formula is C13H13FO3. The third-order valence-electron chi connectivity index (χ3n) is 2.08. The van der Waals surface area contributed by atoms with Gasteiger partial charge in [0.25, 0.3) is 0 Å². The van der Waals surface area contributed by atoms with Crippen LogP contribution in [0.3, 0.4) is 0 Å². The highest BCUT2D eigenvalue weighted by Crippen LogP contribution is 2.14. The number of benzene rings is 1. The average molecular weight is 236 g/mol. The second-order valence-corrected chi connectivity index (χ2v) is 3.46. The molecule has 3 nitrogen and oxygen atoms in total. The van der Waals surface area contributed by atoms with Crippen LogP contribution in [0.25, 0.3) is 6.08 Å². The summed E-state index contributed by atoms with van der Waals surface area (Å²) in [7, 11) is 0. The van der Waals surface area contributed by atoms with Gasteiger partial charge in [-0.25, -0.2) is 9.18 Å². The molecule has 0 aliphatic carbocycles. The molecule has 0 aromatic heterocycles.